The molecule has 3 aromatic rings. The maximum atomic E-state index is 6.39. The van der Waals surface area contributed by atoms with E-state index in [1.54, 1.807) is 6.20 Å². The average Bonchev–Trinajstić information content (AvgIpc) is 3.03. The second kappa shape index (κ2) is 6.42. The first-order chi connectivity index (χ1) is 11.7. The predicted molar refractivity (Wildman–Crippen MR) is 98.6 cm³/mol. The molecule has 1 saturated heterocycles. The largest absolute Gasteiger partial charge is 0.360 e. The van der Waals surface area contributed by atoms with E-state index in [4.69, 9.17) is 11.6 Å². The molecule has 3 heterocycles. The summed E-state index contributed by atoms with van der Waals surface area (Å²) in [5, 5.41) is 8.49. The van der Waals surface area contributed by atoms with Gasteiger partial charge in [-0.15, -0.1) is 0 Å². The van der Waals surface area contributed by atoms with E-state index < -0.39 is 0 Å². The molecule has 0 amide bonds. The summed E-state index contributed by atoms with van der Waals surface area (Å²) in [4.78, 5) is 12.4. The van der Waals surface area contributed by atoms with Gasteiger partial charge in [0.25, 0.3) is 0 Å². The van der Waals surface area contributed by atoms with Crippen molar-refractivity contribution in [2.75, 3.05) is 18.4 Å². The maximum Gasteiger partial charge on any atom is 0.223 e. The number of anilines is 1. The van der Waals surface area contributed by atoms with Gasteiger partial charge in [-0.05, 0) is 31.9 Å². The number of H-pyrrole nitrogens is 1. The third kappa shape index (κ3) is 2.85. The summed E-state index contributed by atoms with van der Waals surface area (Å²) < 4.78 is 0. The molecule has 5 nitrogen and oxygen atoms in total. The first-order valence-electron chi connectivity index (χ1n) is 8.29. The number of hydrogen-bond donors (Lipinski definition) is 3. The Morgan fingerprint density at radius 2 is 2.25 bits per heavy atom. The van der Waals surface area contributed by atoms with Gasteiger partial charge in [0, 0.05) is 35.2 Å². The highest BCUT2D eigenvalue weighted by Gasteiger charge is 2.17. The van der Waals surface area contributed by atoms with Crippen molar-refractivity contribution in [3.8, 4) is 11.3 Å². The van der Waals surface area contributed by atoms with E-state index in [0.717, 1.165) is 41.7 Å². The van der Waals surface area contributed by atoms with E-state index in [2.05, 4.69) is 50.7 Å². The summed E-state index contributed by atoms with van der Waals surface area (Å²) in [6, 6.07) is 6.59. The molecule has 1 fully saturated rings. The van der Waals surface area contributed by atoms with Crippen molar-refractivity contribution in [2.24, 2.45) is 0 Å². The third-order valence-corrected chi connectivity index (χ3v) is 4.83. The van der Waals surface area contributed by atoms with Crippen molar-refractivity contribution < 1.29 is 0 Å². The van der Waals surface area contributed by atoms with E-state index in [9.17, 15) is 0 Å². The van der Waals surface area contributed by atoms with Crippen LogP contribution >= 0.6 is 11.6 Å². The number of aromatic amines is 1. The molecule has 3 N–H and O–H groups in total. The molecule has 0 unspecified atom stereocenters. The van der Waals surface area contributed by atoms with Crippen molar-refractivity contribution in [1.29, 1.82) is 0 Å². The highest BCUT2D eigenvalue weighted by Crippen LogP contribution is 2.33. The van der Waals surface area contributed by atoms with Crippen molar-refractivity contribution >= 4 is 28.5 Å². The van der Waals surface area contributed by atoms with E-state index in [-0.39, 0.29) is 0 Å². The summed E-state index contributed by atoms with van der Waals surface area (Å²) in [7, 11) is 0. The topological polar surface area (TPSA) is 65.6 Å². The Bertz CT molecular complexity index is 867. The number of piperidine rings is 1. The Balaban J connectivity index is 1.71. The fourth-order valence-electron chi connectivity index (χ4n) is 3.28. The molecule has 124 valence electrons. The summed E-state index contributed by atoms with van der Waals surface area (Å²) in [6.07, 6.45) is 5.94. The van der Waals surface area contributed by atoms with Gasteiger partial charge in [-0.25, -0.2) is 9.97 Å². The number of nitrogens with one attached hydrogen (secondary N) is 3. The Labute approximate surface area is 145 Å². The lowest BCUT2D eigenvalue weighted by atomic mass is 10.1. The average molecular weight is 342 g/mol. The summed E-state index contributed by atoms with van der Waals surface area (Å²) in [5.74, 6) is 0.630. The van der Waals surface area contributed by atoms with Crippen LogP contribution < -0.4 is 10.6 Å². The van der Waals surface area contributed by atoms with Crippen LogP contribution in [0.4, 0.5) is 5.95 Å². The highest BCUT2D eigenvalue weighted by molar-refractivity contribution is 6.33. The number of hydrogen-bond acceptors (Lipinski definition) is 4. The first kappa shape index (κ1) is 15.4. The lowest BCUT2D eigenvalue weighted by molar-refractivity contribution is 0.478. The van der Waals surface area contributed by atoms with Gasteiger partial charge < -0.3 is 15.6 Å². The monoisotopic (exact) mass is 341 g/mol. The Morgan fingerprint density at radius 3 is 3.08 bits per heavy atom. The lowest BCUT2D eigenvalue weighted by Crippen LogP contribution is -2.38. The molecule has 0 radical (unpaired) electrons. The number of rotatable bonds is 3. The van der Waals surface area contributed by atoms with Gasteiger partial charge in [0.15, 0.2) is 0 Å². The summed E-state index contributed by atoms with van der Waals surface area (Å²) >= 11 is 6.39. The number of nitrogens with zero attached hydrogens (tertiary/aromatic N) is 2. The van der Waals surface area contributed by atoms with E-state index in [1.165, 1.54) is 12.0 Å². The second-order valence-electron chi connectivity index (χ2n) is 6.28. The van der Waals surface area contributed by atoms with Crippen LogP contribution in [0.1, 0.15) is 18.4 Å². The van der Waals surface area contributed by atoms with Crippen LogP contribution in [0.3, 0.4) is 0 Å². The quantitative estimate of drug-likeness (QED) is 0.678. The Kier molecular flexibility index (Phi) is 4.12. The number of aryl methyl sites for hydroxylation is 1. The number of fused-ring (bicyclic) bond motifs is 1. The molecule has 1 atom stereocenters. The smallest absolute Gasteiger partial charge is 0.223 e. The van der Waals surface area contributed by atoms with Gasteiger partial charge in [0.1, 0.15) is 0 Å². The highest BCUT2D eigenvalue weighted by atomic mass is 35.5. The third-order valence-electron chi connectivity index (χ3n) is 4.55. The molecule has 4 rings (SSSR count). The van der Waals surface area contributed by atoms with Crippen molar-refractivity contribution in [3.05, 3.63) is 41.2 Å². The van der Waals surface area contributed by atoms with Crippen molar-refractivity contribution in [3.63, 3.8) is 0 Å². The minimum absolute atomic E-state index is 0.359. The normalized spacial score (nSPS) is 18.0. The molecule has 1 aliphatic heterocycles. The zero-order chi connectivity index (χ0) is 16.5. The van der Waals surface area contributed by atoms with Gasteiger partial charge in [0.05, 0.1) is 16.9 Å². The molecule has 1 aliphatic rings. The second-order valence-corrected chi connectivity index (χ2v) is 6.68. The SMILES string of the molecule is Cc1cccc2c(-c3nc(N[C@H]4CCCNC4)ncc3Cl)c[nH]c12. The van der Waals surface area contributed by atoms with Crippen LogP contribution in [-0.2, 0) is 0 Å². The summed E-state index contributed by atoms with van der Waals surface area (Å²) in [6.45, 7) is 4.11. The molecule has 0 spiro atoms. The molecule has 24 heavy (non-hydrogen) atoms. The zero-order valence-corrected chi connectivity index (χ0v) is 14.3. The minimum atomic E-state index is 0.359. The molecular weight excluding hydrogens is 322 g/mol. The van der Waals surface area contributed by atoms with Crippen molar-refractivity contribution in [1.82, 2.24) is 20.3 Å². The van der Waals surface area contributed by atoms with Gasteiger partial charge in [-0.1, -0.05) is 29.8 Å². The minimum Gasteiger partial charge on any atom is -0.360 e. The fraction of sp³-hybridized carbons (Fsp3) is 0.333. The molecule has 0 bridgehead atoms. The number of para-hydroxylation sites is 1. The van der Waals surface area contributed by atoms with Crippen LogP contribution in [0, 0.1) is 6.92 Å². The van der Waals surface area contributed by atoms with Crippen LogP contribution in [0.5, 0.6) is 0 Å². The molecule has 1 aromatic carbocycles. The standard InChI is InChI=1S/C18H20ClN5/c1-11-4-2-6-13-14(9-21-16(11)13)17-15(19)10-22-18(24-17)23-12-5-3-7-20-8-12/h2,4,6,9-10,12,20-21H,3,5,7-8H2,1H3,(H,22,23,24)/t12-/m0/s1. The van der Waals surface area contributed by atoms with Gasteiger partial charge >= 0.3 is 0 Å². The molecular formula is C18H20ClN5. The number of halogens is 1. The summed E-state index contributed by atoms with van der Waals surface area (Å²) in [5.41, 5.74) is 4.09. The van der Waals surface area contributed by atoms with Gasteiger partial charge in [0.2, 0.25) is 5.95 Å². The van der Waals surface area contributed by atoms with Gasteiger partial charge in [-0.2, -0.15) is 0 Å². The maximum absolute atomic E-state index is 6.39. The van der Waals surface area contributed by atoms with E-state index >= 15 is 0 Å². The molecule has 2 aromatic heterocycles. The molecule has 0 aliphatic carbocycles. The Morgan fingerprint density at radius 1 is 1.33 bits per heavy atom. The molecule has 0 saturated carbocycles. The van der Waals surface area contributed by atoms with Crippen LogP contribution in [0.15, 0.2) is 30.6 Å². The van der Waals surface area contributed by atoms with Crippen LogP contribution in [0.25, 0.3) is 22.2 Å². The molecule has 6 heteroatoms. The fourth-order valence-corrected chi connectivity index (χ4v) is 3.48. The van der Waals surface area contributed by atoms with Crippen LogP contribution in [-0.4, -0.2) is 34.1 Å². The Hall–Kier alpha value is -2.11. The number of aromatic nitrogens is 3. The zero-order valence-electron chi connectivity index (χ0n) is 13.6. The van der Waals surface area contributed by atoms with Gasteiger partial charge in [-0.3, -0.25) is 0 Å². The first-order valence-corrected chi connectivity index (χ1v) is 8.67. The van der Waals surface area contributed by atoms with Crippen LogP contribution in [0.2, 0.25) is 5.02 Å². The van der Waals surface area contributed by atoms with E-state index in [1.807, 2.05) is 6.20 Å². The predicted octanol–water partition coefficient (Wildman–Crippen LogP) is 3.75. The van der Waals surface area contributed by atoms with E-state index in [0.29, 0.717) is 17.0 Å². The van der Waals surface area contributed by atoms with Crippen molar-refractivity contribution in [2.45, 2.75) is 25.8 Å². The lowest BCUT2D eigenvalue weighted by Gasteiger charge is -2.23. The number of benzene rings is 1.